The molecule has 2 rings (SSSR count). The van der Waals surface area contributed by atoms with Gasteiger partial charge in [-0.3, -0.25) is 0 Å². The van der Waals surface area contributed by atoms with Crippen LogP contribution >= 0.6 is 34.8 Å². The van der Waals surface area contributed by atoms with E-state index in [0.29, 0.717) is 16.6 Å². The maximum Gasteiger partial charge on any atom is 0.0465 e. The lowest BCUT2D eigenvalue weighted by atomic mass is 10.0. The normalized spacial score (nSPS) is 12.4. The summed E-state index contributed by atoms with van der Waals surface area (Å²) in [5.74, 6) is 0. The van der Waals surface area contributed by atoms with Crippen LogP contribution in [0, 0.1) is 0 Å². The molecular weight excluding hydrogens is 313 g/mol. The highest BCUT2D eigenvalue weighted by atomic mass is 35.5. The largest absolute Gasteiger partial charge is 0.306 e. The topological polar surface area (TPSA) is 12.0 Å². The summed E-state index contributed by atoms with van der Waals surface area (Å²) in [5, 5.41) is 5.60. The zero-order valence-corrected chi connectivity index (χ0v) is 13.4. The van der Waals surface area contributed by atoms with Gasteiger partial charge in [0.25, 0.3) is 0 Å². The van der Waals surface area contributed by atoms with Gasteiger partial charge in [-0.25, -0.2) is 0 Å². The third-order valence-electron chi connectivity index (χ3n) is 3.25. The van der Waals surface area contributed by atoms with Crippen LogP contribution in [-0.2, 0) is 6.54 Å². The van der Waals surface area contributed by atoms with Crippen molar-refractivity contribution in [2.24, 2.45) is 0 Å². The highest BCUT2D eigenvalue weighted by molar-refractivity contribution is 6.36. The van der Waals surface area contributed by atoms with Crippen LogP contribution in [0.3, 0.4) is 0 Å². The van der Waals surface area contributed by atoms with Crippen molar-refractivity contribution < 1.29 is 0 Å². The molecule has 0 radical (unpaired) electrons. The minimum atomic E-state index is 0.223. The van der Waals surface area contributed by atoms with Crippen molar-refractivity contribution in [3.63, 3.8) is 0 Å². The van der Waals surface area contributed by atoms with Gasteiger partial charge in [0.05, 0.1) is 0 Å². The predicted molar refractivity (Wildman–Crippen MR) is 87.8 cm³/mol. The molecule has 0 aliphatic rings. The van der Waals surface area contributed by atoms with Crippen LogP contribution in [0.2, 0.25) is 15.1 Å². The Morgan fingerprint density at radius 3 is 2.25 bits per heavy atom. The Hall–Kier alpha value is -0.730. The van der Waals surface area contributed by atoms with E-state index in [9.17, 15) is 0 Å². The van der Waals surface area contributed by atoms with Crippen molar-refractivity contribution in [2.45, 2.75) is 25.9 Å². The SMILES string of the molecule is CCC(NCc1c(Cl)cccc1Cl)c1cccc(Cl)c1. The molecule has 0 heterocycles. The van der Waals surface area contributed by atoms with Crippen LogP contribution in [0.25, 0.3) is 0 Å². The molecule has 1 N–H and O–H groups in total. The zero-order valence-electron chi connectivity index (χ0n) is 11.2. The Labute approximate surface area is 134 Å². The smallest absolute Gasteiger partial charge is 0.0465 e. The molecule has 1 atom stereocenters. The Bertz CT molecular complexity index is 563. The molecular formula is C16H16Cl3N. The third-order valence-corrected chi connectivity index (χ3v) is 4.19. The van der Waals surface area contributed by atoms with Gasteiger partial charge in [-0.05, 0) is 36.2 Å². The van der Waals surface area contributed by atoms with Gasteiger partial charge in [0.1, 0.15) is 0 Å². The Kier molecular flexibility index (Phi) is 5.74. The van der Waals surface area contributed by atoms with Crippen LogP contribution in [0.5, 0.6) is 0 Å². The first-order valence-corrected chi connectivity index (χ1v) is 7.67. The molecule has 0 spiro atoms. The molecule has 0 aliphatic carbocycles. The number of hydrogen-bond acceptors (Lipinski definition) is 1. The lowest BCUT2D eigenvalue weighted by Gasteiger charge is -2.18. The molecule has 1 nitrogen and oxygen atoms in total. The zero-order chi connectivity index (χ0) is 14.5. The van der Waals surface area contributed by atoms with Gasteiger partial charge in [0.2, 0.25) is 0 Å². The lowest BCUT2D eigenvalue weighted by Crippen LogP contribution is -2.20. The monoisotopic (exact) mass is 327 g/mol. The molecule has 2 aromatic carbocycles. The molecule has 106 valence electrons. The maximum absolute atomic E-state index is 6.18. The summed E-state index contributed by atoms with van der Waals surface area (Å²) in [6.07, 6.45) is 0.961. The summed E-state index contributed by atoms with van der Waals surface area (Å²) in [6, 6.07) is 13.7. The molecule has 0 saturated heterocycles. The van der Waals surface area contributed by atoms with Crippen LogP contribution < -0.4 is 5.32 Å². The van der Waals surface area contributed by atoms with Crippen molar-refractivity contribution in [1.82, 2.24) is 5.32 Å². The first kappa shape index (κ1) is 15.7. The first-order valence-electron chi connectivity index (χ1n) is 6.53. The van der Waals surface area contributed by atoms with E-state index in [0.717, 1.165) is 17.0 Å². The molecule has 0 fully saturated rings. The third kappa shape index (κ3) is 3.89. The average Bonchev–Trinajstić information content (AvgIpc) is 2.42. The van der Waals surface area contributed by atoms with Crippen LogP contribution in [0.4, 0.5) is 0 Å². The fourth-order valence-corrected chi connectivity index (χ4v) is 2.88. The summed E-state index contributed by atoms with van der Waals surface area (Å²) >= 11 is 18.4. The van der Waals surface area contributed by atoms with Crippen molar-refractivity contribution in [3.05, 3.63) is 68.7 Å². The van der Waals surface area contributed by atoms with Gasteiger partial charge in [-0.15, -0.1) is 0 Å². The predicted octanol–water partition coefficient (Wildman–Crippen LogP) is 5.89. The molecule has 4 heteroatoms. The molecule has 20 heavy (non-hydrogen) atoms. The van der Waals surface area contributed by atoms with Gasteiger partial charge in [-0.1, -0.05) is 59.9 Å². The van der Waals surface area contributed by atoms with E-state index in [1.54, 1.807) is 0 Å². The highest BCUT2D eigenvalue weighted by Gasteiger charge is 2.11. The molecule has 0 bridgehead atoms. The molecule has 2 aromatic rings. The van der Waals surface area contributed by atoms with E-state index in [1.165, 1.54) is 5.56 Å². The van der Waals surface area contributed by atoms with Gasteiger partial charge in [0, 0.05) is 33.2 Å². The number of halogens is 3. The molecule has 0 aliphatic heterocycles. The molecule has 0 saturated carbocycles. The van der Waals surface area contributed by atoms with E-state index in [2.05, 4.69) is 18.3 Å². The van der Waals surface area contributed by atoms with Crippen LogP contribution in [0.15, 0.2) is 42.5 Å². The van der Waals surface area contributed by atoms with E-state index in [4.69, 9.17) is 34.8 Å². The Balaban J connectivity index is 2.12. The van der Waals surface area contributed by atoms with Crippen molar-refractivity contribution >= 4 is 34.8 Å². The van der Waals surface area contributed by atoms with E-state index >= 15 is 0 Å². The van der Waals surface area contributed by atoms with Crippen LogP contribution in [0.1, 0.15) is 30.5 Å². The second kappa shape index (κ2) is 7.33. The van der Waals surface area contributed by atoms with E-state index in [-0.39, 0.29) is 6.04 Å². The van der Waals surface area contributed by atoms with Crippen molar-refractivity contribution in [1.29, 1.82) is 0 Å². The summed E-state index contributed by atoms with van der Waals surface area (Å²) in [7, 11) is 0. The summed E-state index contributed by atoms with van der Waals surface area (Å²) in [6.45, 7) is 2.76. The van der Waals surface area contributed by atoms with E-state index < -0.39 is 0 Å². The van der Waals surface area contributed by atoms with Gasteiger partial charge < -0.3 is 5.32 Å². The van der Waals surface area contributed by atoms with Crippen molar-refractivity contribution in [3.8, 4) is 0 Å². The maximum atomic E-state index is 6.18. The molecule has 1 unspecified atom stereocenters. The second-order valence-corrected chi connectivity index (χ2v) is 5.85. The molecule has 0 aromatic heterocycles. The fraction of sp³-hybridized carbons (Fsp3) is 0.250. The number of hydrogen-bond donors (Lipinski definition) is 1. The summed E-state index contributed by atoms with van der Waals surface area (Å²) in [5.41, 5.74) is 2.10. The number of nitrogens with one attached hydrogen (secondary N) is 1. The number of benzene rings is 2. The summed E-state index contributed by atoms with van der Waals surface area (Å²) in [4.78, 5) is 0. The standard InChI is InChI=1S/C16H16Cl3N/c1-2-16(11-5-3-6-12(17)9-11)20-10-13-14(18)7-4-8-15(13)19/h3-9,16,20H,2,10H2,1H3. The molecule has 0 amide bonds. The first-order chi connectivity index (χ1) is 9.61. The van der Waals surface area contributed by atoms with Crippen LogP contribution in [-0.4, -0.2) is 0 Å². The number of rotatable bonds is 5. The highest BCUT2D eigenvalue weighted by Crippen LogP contribution is 2.26. The Morgan fingerprint density at radius 2 is 1.65 bits per heavy atom. The van der Waals surface area contributed by atoms with Crippen molar-refractivity contribution in [2.75, 3.05) is 0 Å². The summed E-state index contributed by atoms with van der Waals surface area (Å²) < 4.78 is 0. The minimum absolute atomic E-state index is 0.223. The van der Waals surface area contributed by atoms with Gasteiger partial charge >= 0.3 is 0 Å². The average molecular weight is 329 g/mol. The second-order valence-electron chi connectivity index (χ2n) is 4.60. The lowest BCUT2D eigenvalue weighted by molar-refractivity contribution is 0.519. The quantitative estimate of drug-likeness (QED) is 0.722. The minimum Gasteiger partial charge on any atom is -0.306 e. The fourth-order valence-electron chi connectivity index (χ4n) is 2.15. The Morgan fingerprint density at radius 1 is 1.00 bits per heavy atom. The van der Waals surface area contributed by atoms with Gasteiger partial charge in [0.15, 0.2) is 0 Å². The van der Waals surface area contributed by atoms with E-state index in [1.807, 2.05) is 36.4 Å². The van der Waals surface area contributed by atoms with Gasteiger partial charge in [-0.2, -0.15) is 0 Å².